The molecule has 2 aliphatic heterocycles. The summed E-state index contributed by atoms with van der Waals surface area (Å²) in [6, 6.07) is 25.6. The molecule has 2 saturated heterocycles. The van der Waals surface area contributed by atoms with Crippen LogP contribution in [0.5, 0.6) is 0 Å². The summed E-state index contributed by atoms with van der Waals surface area (Å²) in [6.45, 7) is 6.66. The van der Waals surface area contributed by atoms with Crippen LogP contribution >= 0.6 is 23.2 Å². The van der Waals surface area contributed by atoms with E-state index in [0.717, 1.165) is 78.3 Å². The van der Waals surface area contributed by atoms with Gasteiger partial charge in [0.25, 0.3) is 0 Å². The van der Waals surface area contributed by atoms with Crippen LogP contribution in [0.3, 0.4) is 0 Å². The maximum atomic E-state index is 6.22. The van der Waals surface area contributed by atoms with Crippen molar-refractivity contribution < 1.29 is 0 Å². The number of hydrogen-bond acceptors (Lipinski definition) is 6. The Kier molecular flexibility index (Phi) is 9.04. The number of halogens is 2. The minimum atomic E-state index is 0.151. The number of likely N-dealkylation sites (tertiary alicyclic amines) is 1. The molecule has 2 fully saturated rings. The van der Waals surface area contributed by atoms with E-state index in [1.54, 1.807) is 0 Å². The highest BCUT2D eigenvalue weighted by Gasteiger charge is 2.27. The van der Waals surface area contributed by atoms with Gasteiger partial charge in [0.15, 0.2) is 0 Å². The lowest BCUT2D eigenvalue weighted by Crippen LogP contribution is -2.47. The highest BCUT2D eigenvalue weighted by atomic mass is 35.5. The molecule has 1 unspecified atom stereocenters. The van der Waals surface area contributed by atoms with Gasteiger partial charge in [0.2, 0.25) is 0 Å². The molecule has 3 heterocycles. The van der Waals surface area contributed by atoms with E-state index in [-0.39, 0.29) is 6.04 Å². The highest BCUT2D eigenvalue weighted by Crippen LogP contribution is 2.31. The minimum Gasteiger partial charge on any atom is -0.369 e. The third-order valence-electron chi connectivity index (χ3n) is 8.60. The first-order valence-electron chi connectivity index (χ1n) is 14.7. The van der Waals surface area contributed by atoms with Gasteiger partial charge in [0.05, 0.1) is 18.1 Å². The monoisotopic (exact) mass is 588 g/mol. The molecule has 0 saturated carbocycles. The molecule has 1 aromatic heterocycles. The van der Waals surface area contributed by atoms with Crippen molar-refractivity contribution in [1.82, 2.24) is 24.7 Å². The van der Waals surface area contributed by atoms with Crippen LogP contribution in [-0.2, 0) is 6.54 Å². The van der Waals surface area contributed by atoms with Crippen LogP contribution in [0.4, 0.5) is 5.82 Å². The van der Waals surface area contributed by atoms with E-state index in [2.05, 4.69) is 75.6 Å². The third-order valence-corrected chi connectivity index (χ3v) is 9.10. The zero-order valence-corrected chi connectivity index (χ0v) is 25.2. The predicted molar refractivity (Wildman–Crippen MR) is 170 cm³/mol. The Hall–Kier alpha value is -2.74. The van der Waals surface area contributed by atoms with Crippen molar-refractivity contribution in [2.45, 2.75) is 37.9 Å². The SMILES string of the molecule is CN1CCCC1CCNc1nc(CN2CCN(C(c3ccc(Cl)cc3)c3ccc(Cl)cc3)CC2)nc2ccccc12. The first-order chi connectivity index (χ1) is 20.0. The summed E-state index contributed by atoms with van der Waals surface area (Å²) in [6.07, 6.45) is 3.72. The Labute approximate surface area is 253 Å². The molecule has 0 spiro atoms. The van der Waals surface area contributed by atoms with Gasteiger partial charge in [-0.3, -0.25) is 9.80 Å². The predicted octanol–water partition coefficient (Wildman–Crippen LogP) is 6.74. The van der Waals surface area contributed by atoms with Gasteiger partial charge in [-0.25, -0.2) is 9.97 Å². The molecule has 1 N–H and O–H groups in total. The van der Waals surface area contributed by atoms with E-state index in [9.17, 15) is 0 Å². The Morgan fingerprint density at radius 3 is 2.12 bits per heavy atom. The van der Waals surface area contributed by atoms with Gasteiger partial charge in [0, 0.05) is 54.2 Å². The van der Waals surface area contributed by atoms with Crippen LogP contribution in [0, 0.1) is 0 Å². The van der Waals surface area contributed by atoms with Crippen LogP contribution in [0.1, 0.15) is 42.3 Å². The van der Waals surface area contributed by atoms with Gasteiger partial charge in [-0.15, -0.1) is 0 Å². The number of para-hydroxylation sites is 1. The standard InChI is InChI=1S/C33H38Cl2N6/c1-39-18-4-5-28(39)16-17-36-33-29-6-2-3-7-30(29)37-31(38-33)23-40-19-21-41(22-20-40)32(24-8-12-26(34)13-9-24)25-10-14-27(35)15-11-25/h2-3,6-15,28,32H,4-5,16-23H2,1H3,(H,36,37,38). The summed E-state index contributed by atoms with van der Waals surface area (Å²) < 4.78 is 0. The molecule has 41 heavy (non-hydrogen) atoms. The van der Waals surface area contributed by atoms with Gasteiger partial charge in [-0.1, -0.05) is 59.6 Å². The first-order valence-corrected chi connectivity index (χ1v) is 15.5. The smallest absolute Gasteiger partial charge is 0.145 e. The summed E-state index contributed by atoms with van der Waals surface area (Å²) in [5.74, 6) is 1.83. The molecule has 0 radical (unpaired) electrons. The van der Waals surface area contributed by atoms with Crippen LogP contribution in [0.2, 0.25) is 10.0 Å². The molecule has 0 aliphatic carbocycles. The fourth-order valence-corrected chi connectivity index (χ4v) is 6.57. The van der Waals surface area contributed by atoms with Crippen molar-refractivity contribution in [2.24, 2.45) is 0 Å². The Bertz CT molecular complexity index is 1390. The lowest BCUT2D eigenvalue weighted by atomic mass is 9.96. The summed E-state index contributed by atoms with van der Waals surface area (Å²) in [5.41, 5.74) is 3.48. The average molecular weight is 590 g/mol. The number of piperazine rings is 1. The second-order valence-electron chi connectivity index (χ2n) is 11.3. The molecule has 3 aromatic carbocycles. The van der Waals surface area contributed by atoms with Crippen molar-refractivity contribution in [3.05, 3.63) is 99.8 Å². The van der Waals surface area contributed by atoms with Crippen LogP contribution < -0.4 is 5.32 Å². The van der Waals surface area contributed by atoms with Crippen LogP contribution in [0.25, 0.3) is 10.9 Å². The second-order valence-corrected chi connectivity index (χ2v) is 12.2. The lowest BCUT2D eigenvalue weighted by molar-refractivity contribution is 0.103. The van der Waals surface area contributed by atoms with Crippen molar-refractivity contribution in [3.63, 3.8) is 0 Å². The Morgan fingerprint density at radius 2 is 1.49 bits per heavy atom. The number of aromatic nitrogens is 2. The molecule has 4 aromatic rings. The highest BCUT2D eigenvalue weighted by molar-refractivity contribution is 6.30. The van der Waals surface area contributed by atoms with Gasteiger partial charge in [0.1, 0.15) is 11.6 Å². The molecule has 2 aliphatic rings. The fourth-order valence-electron chi connectivity index (χ4n) is 6.32. The second kappa shape index (κ2) is 13.1. The summed E-state index contributed by atoms with van der Waals surface area (Å²) >= 11 is 12.4. The number of benzene rings is 3. The molecule has 0 bridgehead atoms. The summed E-state index contributed by atoms with van der Waals surface area (Å²) in [5, 5.41) is 6.25. The topological polar surface area (TPSA) is 47.5 Å². The van der Waals surface area contributed by atoms with E-state index < -0.39 is 0 Å². The maximum Gasteiger partial charge on any atom is 0.145 e. The maximum absolute atomic E-state index is 6.22. The van der Waals surface area contributed by atoms with Crippen molar-refractivity contribution in [3.8, 4) is 0 Å². The zero-order valence-electron chi connectivity index (χ0n) is 23.6. The number of fused-ring (bicyclic) bond motifs is 1. The van der Waals surface area contributed by atoms with Crippen LogP contribution in [-0.4, -0.2) is 77.0 Å². The molecule has 6 rings (SSSR count). The molecule has 1 atom stereocenters. The van der Waals surface area contributed by atoms with Gasteiger partial charge >= 0.3 is 0 Å². The molecular weight excluding hydrogens is 551 g/mol. The van der Waals surface area contributed by atoms with Gasteiger partial charge in [-0.2, -0.15) is 0 Å². The van der Waals surface area contributed by atoms with E-state index in [1.165, 1.54) is 30.5 Å². The minimum absolute atomic E-state index is 0.151. The van der Waals surface area contributed by atoms with Gasteiger partial charge in [-0.05, 0) is 80.4 Å². The molecule has 214 valence electrons. The fraction of sp³-hybridized carbons (Fsp3) is 0.394. The first kappa shape index (κ1) is 28.4. The summed E-state index contributed by atoms with van der Waals surface area (Å²) in [4.78, 5) is 17.5. The van der Waals surface area contributed by atoms with Crippen LogP contribution in [0.15, 0.2) is 72.8 Å². The number of hydrogen-bond donors (Lipinski definition) is 1. The third kappa shape index (κ3) is 6.85. The molecular formula is C33H38Cl2N6. The quantitative estimate of drug-likeness (QED) is 0.233. The van der Waals surface area contributed by atoms with E-state index >= 15 is 0 Å². The van der Waals surface area contributed by atoms with Crippen molar-refractivity contribution in [1.29, 1.82) is 0 Å². The largest absolute Gasteiger partial charge is 0.369 e. The summed E-state index contributed by atoms with van der Waals surface area (Å²) in [7, 11) is 2.24. The Balaban J connectivity index is 1.14. The number of anilines is 1. The normalized spacial score (nSPS) is 18.9. The zero-order chi connectivity index (χ0) is 28.2. The average Bonchev–Trinajstić information content (AvgIpc) is 3.40. The molecule has 6 nitrogen and oxygen atoms in total. The van der Waals surface area contributed by atoms with E-state index in [4.69, 9.17) is 33.2 Å². The lowest BCUT2D eigenvalue weighted by Gasteiger charge is -2.39. The number of nitrogens with one attached hydrogen (secondary N) is 1. The Morgan fingerprint density at radius 1 is 0.829 bits per heavy atom. The number of nitrogens with zero attached hydrogens (tertiary/aromatic N) is 5. The number of rotatable bonds is 9. The van der Waals surface area contributed by atoms with E-state index in [1.807, 2.05) is 24.3 Å². The molecule has 0 amide bonds. The molecule has 8 heteroatoms. The van der Waals surface area contributed by atoms with Gasteiger partial charge < -0.3 is 10.2 Å². The van der Waals surface area contributed by atoms with E-state index in [0.29, 0.717) is 6.04 Å². The van der Waals surface area contributed by atoms with Crippen molar-refractivity contribution >= 4 is 39.9 Å². The van der Waals surface area contributed by atoms with Crippen molar-refractivity contribution in [2.75, 3.05) is 51.6 Å².